The van der Waals surface area contributed by atoms with Crippen molar-refractivity contribution in [3.05, 3.63) is 23.7 Å². The number of aryl methyl sites for hydroxylation is 1. The van der Waals surface area contributed by atoms with Gasteiger partial charge >= 0.3 is 0 Å². The molecule has 1 saturated heterocycles. The fourth-order valence-corrected chi connectivity index (χ4v) is 2.70. The van der Waals surface area contributed by atoms with Gasteiger partial charge in [-0.25, -0.2) is 0 Å². The van der Waals surface area contributed by atoms with Crippen LogP contribution in [-0.4, -0.2) is 43.0 Å². The van der Waals surface area contributed by atoms with Crippen LogP contribution in [0.25, 0.3) is 0 Å². The minimum atomic E-state index is 0.698. The molecule has 102 valence electrons. The Morgan fingerprint density at radius 2 is 2.11 bits per heavy atom. The molecule has 2 heterocycles. The van der Waals surface area contributed by atoms with Gasteiger partial charge in [-0.1, -0.05) is 6.92 Å². The van der Waals surface area contributed by atoms with Crippen LogP contribution in [0.4, 0.5) is 0 Å². The lowest BCUT2D eigenvalue weighted by atomic mass is 10.0. The zero-order valence-electron chi connectivity index (χ0n) is 12.0. The number of nitrogens with zero attached hydrogens (tertiary/aromatic N) is 2. The monoisotopic (exact) mass is 250 g/mol. The molecule has 0 radical (unpaired) electrons. The summed E-state index contributed by atoms with van der Waals surface area (Å²) in [5.74, 6) is 2.26. The fourth-order valence-electron chi connectivity index (χ4n) is 2.70. The maximum atomic E-state index is 5.87. The molecule has 0 N–H and O–H groups in total. The van der Waals surface area contributed by atoms with Crippen molar-refractivity contribution in [1.82, 2.24) is 9.80 Å². The standard InChI is InChI=1S/C15H26N2O/c1-4-6-14-8-9-15(18-14)12-17-10-5-7-13(11-17)16(2)3/h8-9,13H,4-7,10-12H2,1-3H3/t13-/m1/s1. The summed E-state index contributed by atoms with van der Waals surface area (Å²) < 4.78 is 5.87. The molecular formula is C15H26N2O. The summed E-state index contributed by atoms with van der Waals surface area (Å²) in [5.41, 5.74) is 0. The van der Waals surface area contributed by atoms with Gasteiger partial charge in [0.2, 0.25) is 0 Å². The van der Waals surface area contributed by atoms with Crippen LogP contribution in [0.3, 0.4) is 0 Å². The highest BCUT2D eigenvalue weighted by molar-refractivity contribution is 5.07. The average molecular weight is 250 g/mol. The number of hydrogen-bond acceptors (Lipinski definition) is 3. The molecule has 0 unspecified atom stereocenters. The summed E-state index contributed by atoms with van der Waals surface area (Å²) in [6, 6.07) is 4.97. The molecular weight excluding hydrogens is 224 g/mol. The van der Waals surface area contributed by atoms with E-state index in [4.69, 9.17) is 4.42 Å². The van der Waals surface area contributed by atoms with Gasteiger partial charge < -0.3 is 9.32 Å². The topological polar surface area (TPSA) is 19.6 Å². The summed E-state index contributed by atoms with van der Waals surface area (Å²) >= 11 is 0. The zero-order valence-corrected chi connectivity index (χ0v) is 12.0. The van der Waals surface area contributed by atoms with Crippen molar-refractivity contribution >= 4 is 0 Å². The molecule has 18 heavy (non-hydrogen) atoms. The number of piperidine rings is 1. The number of hydrogen-bond donors (Lipinski definition) is 0. The lowest BCUT2D eigenvalue weighted by Crippen LogP contribution is -2.44. The molecule has 1 aromatic rings. The maximum absolute atomic E-state index is 5.87. The molecule has 3 nitrogen and oxygen atoms in total. The van der Waals surface area contributed by atoms with Gasteiger partial charge in [0.15, 0.2) is 0 Å². The van der Waals surface area contributed by atoms with Gasteiger partial charge in [-0.2, -0.15) is 0 Å². The molecule has 1 atom stereocenters. The van der Waals surface area contributed by atoms with Crippen LogP contribution in [0.15, 0.2) is 16.5 Å². The second-order valence-corrected chi connectivity index (χ2v) is 5.61. The van der Waals surface area contributed by atoms with Crippen molar-refractivity contribution in [1.29, 1.82) is 0 Å². The van der Waals surface area contributed by atoms with E-state index in [2.05, 4.69) is 43.0 Å². The SMILES string of the molecule is CCCc1ccc(CN2CCC[C@@H](N(C)C)C2)o1. The first kappa shape index (κ1) is 13.6. The first-order chi connectivity index (χ1) is 8.69. The van der Waals surface area contributed by atoms with Crippen LogP contribution in [0.1, 0.15) is 37.7 Å². The van der Waals surface area contributed by atoms with E-state index >= 15 is 0 Å². The Kier molecular flexibility index (Phi) is 4.84. The first-order valence-corrected chi connectivity index (χ1v) is 7.15. The summed E-state index contributed by atoms with van der Waals surface area (Å²) in [7, 11) is 4.36. The summed E-state index contributed by atoms with van der Waals surface area (Å²) in [6.07, 6.45) is 4.83. The van der Waals surface area contributed by atoms with Gasteiger partial charge in [-0.3, -0.25) is 4.90 Å². The minimum absolute atomic E-state index is 0.698. The highest BCUT2D eigenvalue weighted by Gasteiger charge is 2.21. The summed E-state index contributed by atoms with van der Waals surface area (Å²) in [4.78, 5) is 4.86. The van der Waals surface area contributed by atoms with E-state index in [1.165, 1.54) is 19.4 Å². The van der Waals surface area contributed by atoms with Crippen molar-refractivity contribution in [2.24, 2.45) is 0 Å². The van der Waals surface area contributed by atoms with Gasteiger partial charge in [0, 0.05) is 19.0 Å². The molecule has 3 heteroatoms. The smallest absolute Gasteiger partial charge is 0.118 e. The molecule has 1 aliphatic rings. The molecule has 2 rings (SSSR count). The summed E-state index contributed by atoms with van der Waals surface area (Å²) in [5, 5.41) is 0. The first-order valence-electron chi connectivity index (χ1n) is 7.15. The number of likely N-dealkylation sites (N-methyl/N-ethyl adjacent to an activating group) is 1. The molecule has 0 aliphatic carbocycles. The number of rotatable bonds is 5. The molecule has 0 bridgehead atoms. The van der Waals surface area contributed by atoms with Crippen molar-refractivity contribution in [3.8, 4) is 0 Å². The Morgan fingerprint density at radius 1 is 1.33 bits per heavy atom. The molecule has 1 fully saturated rings. The largest absolute Gasteiger partial charge is 0.465 e. The second-order valence-electron chi connectivity index (χ2n) is 5.61. The van der Waals surface area contributed by atoms with Crippen LogP contribution in [0, 0.1) is 0 Å². The van der Waals surface area contributed by atoms with Crippen molar-refractivity contribution in [2.45, 2.75) is 45.2 Å². The van der Waals surface area contributed by atoms with E-state index in [1.807, 2.05) is 0 Å². The molecule has 1 aromatic heterocycles. The lowest BCUT2D eigenvalue weighted by molar-refractivity contribution is 0.121. The number of likely N-dealkylation sites (tertiary alicyclic amines) is 1. The summed E-state index contributed by atoms with van der Waals surface area (Å²) in [6.45, 7) is 5.52. The highest BCUT2D eigenvalue weighted by atomic mass is 16.3. The Morgan fingerprint density at radius 3 is 2.83 bits per heavy atom. The average Bonchev–Trinajstić information content (AvgIpc) is 2.77. The van der Waals surface area contributed by atoms with Crippen LogP contribution in [0.5, 0.6) is 0 Å². The van der Waals surface area contributed by atoms with E-state index in [0.717, 1.165) is 37.5 Å². The van der Waals surface area contributed by atoms with Gasteiger partial charge in [-0.05, 0) is 52.0 Å². The van der Waals surface area contributed by atoms with Crippen molar-refractivity contribution < 1.29 is 4.42 Å². The van der Waals surface area contributed by atoms with Crippen LogP contribution >= 0.6 is 0 Å². The molecule has 0 saturated carbocycles. The van der Waals surface area contributed by atoms with Gasteiger partial charge in [0.1, 0.15) is 11.5 Å². The molecule has 0 aromatic carbocycles. The zero-order chi connectivity index (χ0) is 13.0. The predicted molar refractivity (Wildman–Crippen MR) is 74.7 cm³/mol. The maximum Gasteiger partial charge on any atom is 0.118 e. The van der Waals surface area contributed by atoms with Gasteiger partial charge in [0.25, 0.3) is 0 Å². The van der Waals surface area contributed by atoms with E-state index in [9.17, 15) is 0 Å². The fraction of sp³-hybridized carbons (Fsp3) is 0.733. The normalized spacial score (nSPS) is 21.7. The molecule has 1 aliphatic heterocycles. The minimum Gasteiger partial charge on any atom is -0.465 e. The van der Waals surface area contributed by atoms with Gasteiger partial charge in [0.05, 0.1) is 6.54 Å². The number of furan rings is 1. The lowest BCUT2D eigenvalue weighted by Gasteiger charge is -2.35. The third kappa shape index (κ3) is 3.59. The second kappa shape index (κ2) is 6.39. The predicted octanol–water partition coefficient (Wildman–Crippen LogP) is 2.76. The quantitative estimate of drug-likeness (QED) is 0.801. The van der Waals surface area contributed by atoms with Gasteiger partial charge in [-0.15, -0.1) is 0 Å². The van der Waals surface area contributed by atoms with Crippen LogP contribution in [0.2, 0.25) is 0 Å². The van der Waals surface area contributed by atoms with E-state index in [1.54, 1.807) is 0 Å². The van der Waals surface area contributed by atoms with Crippen molar-refractivity contribution in [3.63, 3.8) is 0 Å². The molecule has 0 amide bonds. The molecule has 0 spiro atoms. The Bertz CT molecular complexity index is 359. The third-order valence-corrected chi connectivity index (χ3v) is 3.80. The van der Waals surface area contributed by atoms with E-state index in [0.29, 0.717) is 6.04 Å². The Hall–Kier alpha value is -0.800. The van der Waals surface area contributed by atoms with E-state index < -0.39 is 0 Å². The Labute approximate surface area is 111 Å². The van der Waals surface area contributed by atoms with Crippen LogP contribution < -0.4 is 0 Å². The highest BCUT2D eigenvalue weighted by Crippen LogP contribution is 2.18. The van der Waals surface area contributed by atoms with E-state index in [-0.39, 0.29) is 0 Å². The van der Waals surface area contributed by atoms with Crippen molar-refractivity contribution in [2.75, 3.05) is 27.2 Å². The Balaban J connectivity index is 1.87. The van der Waals surface area contributed by atoms with Crippen LogP contribution in [-0.2, 0) is 13.0 Å². The third-order valence-electron chi connectivity index (χ3n) is 3.80.